The molecular weight excluding hydrogens is 288 g/mol. The molecule has 1 aliphatic rings. The van der Waals surface area contributed by atoms with Crippen LogP contribution < -0.4 is 10.9 Å². The minimum atomic E-state index is -0.239. The lowest BCUT2D eigenvalue weighted by atomic mass is 9.77. The number of rotatable bonds is 3. The molecule has 1 aliphatic carbocycles. The maximum atomic E-state index is 12.3. The van der Waals surface area contributed by atoms with Gasteiger partial charge in [0.15, 0.2) is 0 Å². The van der Waals surface area contributed by atoms with Gasteiger partial charge in [-0.15, -0.1) is 0 Å². The second-order valence-electron chi connectivity index (χ2n) is 5.91. The van der Waals surface area contributed by atoms with Crippen LogP contribution in [0.3, 0.4) is 0 Å². The number of nitrogens with one attached hydrogen (secondary N) is 2. The third kappa shape index (κ3) is 2.42. The van der Waals surface area contributed by atoms with Crippen molar-refractivity contribution in [2.24, 2.45) is 0 Å². The molecule has 114 valence electrons. The van der Waals surface area contributed by atoms with Gasteiger partial charge < -0.3 is 10.3 Å². The Balaban J connectivity index is 1.51. The maximum absolute atomic E-state index is 12.3. The molecule has 0 aliphatic heterocycles. The SMILES string of the molecule is O=C(NC[C@@H]1Cc2ccccc21)c1cc2ccccc2c(=O)[nH]1. The standard InChI is InChI=1S/C19H16N2O2/c22-18-16-8-4-2-6-13(16)10-17(21-18)19(23)20-11-14-9-12-5-1-3-7-15(12)14/h1-8,10,14H,9,11H2,(H,20,23)(H,21,22)/t14-/m0/s1. The molecule has 4 nitrogen and oxygen atoms in total. The predicted molar refractivity (Wildman–Crippen MR) is 89.8 cm³/mol. The zero-order chi connectivity index (χ0) is 15.8. The molecule has 3 aromatic rings. The van der Waals surface area contributed by atoms with E-state index in [1.807, 2.05) is 30.3 Å². The van der Waals surface area contributed by atoms with Crippen molar-refractivity contribution in [1.29, 1.82) is 0 Å². The van der Waals surface area contributed by atoms with Crippen LogP contribution in [0.5, 0.6) is 0 Å². The van der Waals surface area contributed by atoms with Gasteiger partial charge in [-0.1, -0.05) is 42.5 Å². The molecule has 0 fully saturated rings. The van der Waals surface area contributed by atoms with Crippen molar-refractivity contribution < 1.29 is 4.79 Å². The molecule has 1 heterocycles. The third-order valence-electron chi connectivity index (χ3n) is 4.47. The van der Waals surface area contributed by atoms with Crippen LogP contribution in [0, 0.1) is 0 Å². The Morgan fingerprint density at radius 3 is 2.78 bits per heavy atom. The van der Waals surface area contributed by atoms with Gasteiger partial charge in [0.05, 0.1) is 0 Å². The first-order valence-corrected chi connectivity index (χ1v) is 7.70. The summed E-state index contributed by atoms with van der Waals surface area (Å²) in [7, 11) is 0. The number of H-pyrrole nitrogens is 1. The van der Waals surface area contributed by atoms with E-state index in [0.717, 1.165) is 11.8 Å². The first kappa shape index (κ1) is 13.8. The molecular formula is C19H16N2O2. The van der Waals surface area contributed by atoms with E-state index in [2.05, 4.69) is 22.4 Å². The lowest BCUT2D eigenvalue weighted by Crippen LogP contribution is -2.34. The van der Waals surface area contributed by atoms with Crippen LogP contribution in [-0.2, 0) is 6.42 Å². The van der Waals surface area contributed by atoms with Crippen molar-refractivity contribution in [2.45, 2.75) is 12.3 Å². The Morgan fingerprint density at radius 2 is 1.91 bits per heavy atom. The van der Waals surface area contributed by atoms with Crippen molar-refractivity contribution in [2.75, 3.05) is 6.54 Å². The second kappa shape index (κ2) is 5.39. The van der Waals surface area contributed by atoms with Crippen molar-refractivity contribution in [3.63, 3.8) is 0 Å². The first-order chi connectivity index (χ1) is 11.2. The Bertz CT molecular complexity index is 959. The molecule has 23 heavy (non-hydrogen) atoms. The van der Waals surface area contributed by atoms with Gasteiger partial charge in [-0.2, -0.15) is 0 Å². The topological polar surface area (TPSA) is 62.0 Å². The molecule has 2 aromatic carbocycles. The van der Waals surface area contributed by atoms with Crippen LogP contribution >= 0.6 is 0 Å². The number of aromatic nitrogens is 1. The number of benzene rings is 2. The first-order valence-electron chi connectivity index (χ1n) is 7.70. The third-order valence-corrected chi connectivity index (χ3v) is 4.47. The van der Waals surface area contributed by atoms with Gasteiger partial charge in [0.25, 0.3) is 11.5 Å². The van der Waals surface area contributed by atoms with Gasteiger partial charge in [0.1, 0.15) is 5.69 Å². The van der Waals surface area contributed by atoms with Crippen LogP contribution in [0.25, 0.3) is 10.8 Å². The molecule has 4 heteroatoms. The van der Waals surface area contributed by atoms with Crippen LogP contribution in [0.1, 0.15) is 27.5 Å². The summed E-state index contributed by atoms with van der Waals surface area (Å²) < 4.78 is 0. The number of fused-ring (bicyclic) bond motifs is 2. The average Bonchev–Trinajstić information content (AvgIpc) is 2.55. The van der Waals surface area contributed by atoms with Gasteiger partial charge >= 0.3 is 0 Å². The van der Waals surface area contributed by atoms with Gasteiger partial charge in [-0.25, -0.2) is 0 Å². The molecule has 0 bridgehead atoms. The van der Waals surface area contributed by atoms with Gasteiger partial charge in [0.2, 0.25) is 0 Å². The number of aromatic amines is 1. The smallest absolute Gasteiger partial charge is 0.267 e. The highest BCUT2D eigenvalue weighted by Crippen LogP contribution is 2.33. The molecule has 4 rings (SSSR count). The molecule has 0 radical (unpaired) electrons. The summed E-state index contributed by atoms with van der Waals surface area (Å²) in [6, 6.07) is 17.3. The van der Waals surface area contributed by atoms with Crippen LogP contribution in [0.2, 0.25) is 0 Å². The highest BCUT2D eigenvalue weighted by molar-refractivity contribution is 5.96. The maximum Gasteiger partial charge on any atom is 0.267 e. The molecule has 1 atom stereocenters. The summed E-state index contributed by atoms with van der Waals surface area (Å²) in [4.78, 5) is 27.0. The number of hydrogen-bond acceptors (Lipinski definition) is 2. The van der Waals surface area contributed by atoms with Crippen molar-refractivity contribution >= 4 is 16.7 Å². The fourth-order valence-corrected chi connectivity index (χ4v) is 3.19. The van der Waals surface area contributed by atoms with Crippen LogP contribution in [0.15, 0.2) is 59.4 Å². The monoisotopic (exact) mass is 304 g/mol. The van der Waals surface area contributed by atoms with Crippen molar-refractivity contribution in [1.82, 2.24) is 10.3 Å². The van der Waals surface area contributed by atoms with E-state index >= 15 is 0 Å². The number of pyridine rings is 1. The van der Waals surface area contributed by atoms with Crippen LogP contribution in [-0.4, -0.2) is 17.4 Å². The zero-order valence-electron chi connectivity index (χ0n) is 12.5. The molecule has 1 amide bonds. The van der Waals surface area contributed by atoms with Gasteiger partial charge in [0, 0.05) is 17.8 Å². The van der Waals surface area contributed by atoms with Crippen molar-refractivity contribution in [3.8, 4) is 0 Å². The molecule has 0 unspecified atom stereocenters. The number of carbonyl (C=O) groups excluding carboxylic acids is 1. The number of hydrogen-bond donors (Lipinski definition) is 2. The van der Waals surface area contributed by atoms with E-state index < -0.39 is 0 Å². The zero-order valence-corrected chi connectivity index (χ0v) is 12.5. The fourth-order valence-electron chi connectivity index (χ4n) is 3.19. The molecule has 0 spiro atoms. The average molecular weight is 304 g/mol. The van der Waals surface area contributed by atoms with Crippen LogP contribution in [0.4, 0.5) is 0 Å². The summed E-state index contributed by atoms with van der Waals surface area (Å²) in [5.74, 6) is 0.125. The molecule has 0 saturated carbocycles. The number of amides is 1. The Labute approximate surface area is 133 Å². The Morgan fingerprint density at radius 1 is 1.13 bits per heavy atom. The molecule has 1 aromatic heterocycles. The minimum absolute atomic E-state index is 0.234. The molecule has 2 N–H and O–H groups in total. The van der Waals surface area contributed by atoms with E-state index in [0.29, 0.717) is 23.5 Å². The second-order valence-corrected chi connectivity index (χ2v) is 5.91. The Kier molecular flexibility index (Phi) is 3.23. The highest BCUT2D eigenvalue weighted by atomic mass is 16.2. The van der Waals surface area contributed by atoms with Gasteiger partial charge in [-0.05, 0) is 35.1 Å². The number of carbonyl (C=O) groups is 1. The van der Waals surface area contributed by atoms with Crippen molar-refractivity contribution in [3.05, 3.63) is 81.8 Å². The predicted octanol–water partition coefficient (Wildman–Crippen LogP) is 2.60. The van der Waals surface area contributed by atoms with E-state index in [1.165, 1.54) is 11.1 Å². The van der Waals surface area contributed by atoms with Gasteiger partial charge in [-0.3, -0.25) is 9.59 Å². The lowest BCUT2D eigenvalue weighted by Gasteiger charge is -2.30. The summed E-state index contributed by atoms with van der Waals surface area (Å²) in [5, 5.41) is 4.29. The summed E-state index contributed by atoms with van der Waals surface area (Å²) >= 11 is 0. The van der Waals surface area contributed by atoms with E-state index in [-0.39, 0.29) is 11.5 Å². The van der Waals surface area contributed by atoms with E-state index in [1.54, 1.807) is 12.1 Å². The van der Waals surface area contributed by atoms with E-state index in [9.17, 15) is 9.59 Å². The van der Waals surface area contributed by atoms with E-state index in [4.69, 9.17) is 0 Å². The lowest BCUT2D eigenvalue weighted by molar-refractivity contribution is 0.0945. The normalized spacial score (nSPS) is 15.7. The quantitative estimate of drug-likeness (QED) is 0.781. The largest absolute Gasteiger partial charge is 0.350 e. The highest BCUT2D eigenvalue weighted by Gasteiger charge is 2.25. The fraction of sp³-hybridized carbons (Fsp3) is 0.158. The molecule has 0 saturated heterocycles. The Hall–Kier alpha value is -2.88. The summed E-state index contributed by atoms with van der Waals surface area (Å²) in [6.45, 7) is 0.588. The summed E-state index contributed by atoms with van der Waals surface area (Å²) in [6.07, 6.45) is 0.991. The minimum Gasteiger partial charge on any atom is -0.350 e. The summed E-state index contributed by atoms with van der Waals surface area (Å²) in [5.41, 5.74) is 2.73.